The van der Waals surface area contributed by atoms with Crippen molar-refractivity contribution in [3.05, 3.63) is 83.9 Å². The van der Waals surface area contributed by atoms with Crippen LogP contribution >= 0.6 is 0 Å². The maximum atomic E-state index is 15.1. The zero-order chi connectivity index (χ0) is 36.7. The number of hydrogen-bond acceptors (Lipinski definition) is 7. The second-order valence-corrected chi connectivity index (χ2v) is 18.9. The summed E-state index contributed by atoms with van der Waals surface area (Å²) in [5.41, 5.74) is -4.23. The van der Waals surface area contributed by atoms with E-state index in [4.69, 9.17) is 9.15 Å². The average Bonchev–Trinajstić information content (AvgIpc) is 3.83. The fourth-order valence-corrected chi connectivity index (χ4v) is 13.4. The quantitative estimate of drug-likeness (QED) is 0.178. The van der Waals surface area contributed by atoms with Crippen molar-refractivity contribution in [2.75, 3.05) is 6.54 Å². The maximum absolute atomic E-state index is 15.1. The number of amides is 1. The zero-order valence-electron chi connectivity index (χ0n) is 31.2. The molecular weight excluding hydrogens is 654 g/mol. The maximum Gasteiger partial charge on any atom is 0.313 e. The van der Waals surface area contributed by atoms with E-state index in [2.05, 4.69) is 32.1 Å². The van der Waals surface area contributed by atoms with Gasteiger partial charge in [0, 0.05) is 33.8 Å². The Morgan fingerprint density at radius 2 is 1.58 bits per heavy atom. The van der Waals surface area contributed by atoms with Gasteiger partial charge in [-0.15, -0.1) is 0 Å². The summed E-state index contributed by atoms with van der Waals surface area (Å²) in [7, 11) is 0. The van der Waals surface area contributed by atoms with Gasteiger partial charge < -0.3 is 24.3 Å². The number of ether oxygens (including phenoxy) is 1. The van der Waals surface area contributed by atoms with Crippen LogP contribution in [0.25, 0.3) is 0 Å². The number of nitrogens with zero attached hydrogens (tertiary/aromatic N) is 1. The van der Waals surface area contributed by atoms with Gasteiger partial charge in [0.25, 0.3) is 5.91 Å². The highest BCUT2D eigenvalue weighted by Crippen LogP contribution is 2.78. The first kappa shape index (κ1) is 34.3. The van der Waals surface area contributed by atoms with Crippen molar-refractivity contribution in [1.29, 1.82) is 0 Å². The molecular formula is C44H53NO7. The minimum atomic E-state index is -1.30. The molecule has 0 radical (unpaired) electrons. The monoisotopic (exact) mass is 707 g/mol. The van der Waals surface area contributed by atoms with Crippen LogP contribution in [0.1, 0.15) is 109 Å². The Morgan fingerprint density at radius 3 is 2.25 bits per heavy atom. The molecule has 1 saturated heterocycles. The Kier molecular flexibility index (Phi) is 6.98. The van der Waals surface area contributed by atoms with E-state index < -0.39 is 44.4 Å². The highest BCUT2D eigenvalue weighted by Gasteiger charge is 2.78. The van der Waals surface area contributed by atoms with Gasteiger partial charge >= 0.3 is 5.97 Å². The molecule has 276 valence electrons. The van der Waals surface area contributed by atoms with E-state index in [1.807, 2.05) is 51.1 Å². The number of ketones is 1. The van der Waals surface area contributed by atoms with Crippen LogP contribution in [0.5, 0.6) is 0 Å². The zero-order valence-corrected chi connectivity index (χ0v) is 31.2. The Balaban J connectivity index is 1.13. The first-order valence-corrected chi connectivity index (χ1v) is 19.5. The number of carbonyl (C=O) groups excluding carboxylic acids is 3. The van der Waals surface area contributed by atoms with Crippen molar-refractivity contribution in [3.8, 4) is 0 Å². The first-order valence-electron chi connectivity index (χ1n) is 19.5. The van der Waals surface area contributed by atoms with Crippen LogP contribution in [0.2, 0.25) is 0 Å². The van der Waals surface area contributed by atoms with E-state index in [0.29, 0.717) is 37.9 Å². The molecule has 52 heavy (non-hydrogen) atoms. The third kappa shape index (κ3) is 3.88. The van der Waals surface area contributed by atoms with Crippen molar-refractivity contribution in [2.24, 2.45) is 44.3 Å². The lowest BCUT2D eigenvalue weighted by molar-refractivity contribution is -0.187. The second-order valence-electron chi connectivity index (χ2n) is 18.9. The van der Waals surface area contributed by atoms with Gasteiger partial charge in [-0.1, -0.05) is 76.3 Å². The molecule has 10 rings (SSSR count). The van der Waals surface area contributed by atoms with E-state index in [0.717, 1.165) is 36.8 Å². The summed E-state index contributed by atoms with van der Waals surface area (Å²) >= 11 is 0. The van der Waals surface area contributed by atoms with Gasteiger partial charge in [-0.05, 0) is 99.7 Å². The highest BCUT2D eigenvalue weighted by molar-refractivity contribution is 6.08. The molecule has 2 aromatic rings. The van der Waals surface area contributed by atoms with E-state index in [-0.39, 0.29) is 48.0 Å². The SMILES string of the molecule is CC1(C)[C@@]2(C)CC[C@]1(C(=O)N(Cc1ccccc1)C[C@]1(O)CC[C@H]3[C@]45C=C[C@@]6(C=C4C(=O)c4ccco4)CC(O)CC[C@]6(C)[C@H]5CC[C@@]31C)OC2=O. The number of aliphatic hydroxyl groups is 2. The Bertz CT molecular complexity index is 1920. The van der Waals surface area contributed by atoms with Gasteiger partial charge in [-0.2, -0.15) is 0 Å². The van der Waals surface area contributed by atoms with E-state index in [9.17, 15) is 19.8 Å². The summed E-state index contributed by atoms with van der Waals surface area (Å²) in [4.78, 5) is 44.8. The number of furan rings is 1. The molecule has 1 aromatic carbocycles. The number of hydrogen-bond donors (Lipinski definition) is 2. The number of rotatable bonds is 7. The van der Waals surface area contributed by atoms with E-state index in [1.54, 1.807) is 23.3 Å². The van der Waals surface area contributed by atoms with Crippen LogP contribution in [0.3, 0.4) is 0 Å². The van der Waals surface area contributed by atoms with Crippen molar-refractivity contribution in [1.82, 2.24) is 4.90 Å². The molecule has 1 unspecified atom stereocenters. The molecule has 1 aromatic heterocycles. The van der Waals surface area contributed by atoms with Gasteiger partial charge in [0.05, 0.1) is 29.9 Å². The number of allylic oxidation sites excluding steroid dienone is 4. The largest absolute Gasteiger partial charge is 0.461 e. The average molecular weight is 708 g/mol. The number of carbonyl (C=O) groups is 3. The molecule has 1 aliphatic heterocycles. The lowest BCUT2D eigenvalue weighted by atomic mass is 9.32. The summed E-state index contributed by atoms with van der Waals surface area (Å²) in [5, 5.41) is 24.2. The predicted molar refractivity (Wildman–Crippen MR) is 193 cm³/mol. The Hall–Kier alpha value is -3.49. The fourth-order valence-electron chi connectivity index (χ4n) is 13.4. The Labute approximate surface area is 306 Å². The first-order chi connectivity index (χ1) is 24.5. The molecule has 1 amide bonds. The van der Waals surface area contributed by atoms with Gasteiger partial charge in [0.2, 0.25) is 5.78 Å². The van der Waals surface area contributed by atoms with E-state index >= 15 is 4.79 Å². The molecule has 8 heteroatoms. The lowest BCUT2D eigenvalue weighted by Gasteiger charge is -2.71. The normalized spacial score (nSPS) is 44.8. The molecule has 5 fully saturated rings. The van der Waals surface area contributed by atoms with Gasteiger partial charge in [0.15, 0.2) is 11.4 Å². The molecule has 10 atom stereocenters. The summed E-state index contributed by atoms with van der Waals surface area (Å²) in [5.74, 6) is -0.281. The summed E-state index contributed by atoms with van der Waals surface area (Å²) in [6.45, 7) is 10.8. The van der Waals surface area contributed by atoms with Crippen molar-refractivity contribution in [2.45, 2.75) is 116 Å². The van der Waals surface area contributed by atoms with Crippen LogP contribution in [-0.4, -0.2) is 56.6 Å². The molecule has 8 nitrogen and oxygen atoms in total. The molecule has 8 aliphatic rings. The molecule has 4 bridgehead atoms. The number of fused-ring (bicyclic) bond motifs is 3. The molecule has 2 spiro atoms. The van der Waals surface area contributed by atoms with E-state index in [1.165, 1.54) is 0 Å². The third-order valence-electron chi connectivity index (χ3n) is 17.1. The minimum Gasteiger partial charge on any atom is -0.461 e. The van der Waals surface area contributed by atoms with Crippen molar-refractivity contribution < 1.29 is 33.8 Å². The molecule has 2 heterocycles. The van der Waals surface area contributed by atoms with Gasteiger partial charge in [-0.25, -0.2) is 0 Å². The number of benzene rings is 1. The number of Topliss-reactive ketones (excluding diaryl/α,β-unsaturated/α-hetero) is 1. The molecule has 4 saturated carbocycles. The minimum absolute atomic E-state index is 0.0745. The molecule has 7 aliphatic carbocycles. The smallest absolute Gasteiger partial charge is 0.313 e. The van der Waals surface area contributed by atoms with Gasteiger partial charge in [0.1, 0.15) is 0 Å². The molecule has 2 N–H and O–H groups in total. The fraction of sp³-hybridized carbons (Fsp3) is 0.614. The number of esters is 1. The lowest BCUT2D eigenvalue weighted by Crippen LogP contribution is -2.67. The Morgan fingerprint density at radius 1 is 0.865 bits per heavy atom. The van der Waals surface area contributed by atoms with Crippen molar-refractivity contribution >= 4 is 17.7 Å². The standard InChI is InChI=1S/C44H53NO7/c1-37(2)40(5)19-22-44(37,52-36(40)49)35(48)45(26-28-10-7-6-8-11-28)27-42(50)18-15-33-39(42,4)17-14-32-38(3)16-13-29(46)24-41(38)20-21-43(32,33)30(25-41)34(47)31-12-9-23-51-31/h6-12,20-21,23,25,29,32-33,46,50H,13-19,22,24,26-27H2,1-5H3/t29?,32-,33-,38-,39+,40+,41+,42-,43-,44-/m1/s1. The van der Waals surface area contributed by atoms with Crippen molar-refractivity contribution in [3.63, 3.8) is 0 Å². The predicted octanol–water partition coefficient (Wildman–Crippen LogP) is 7.20. The van der Waals surface area contributed by atoms with Crippen LogP contribution in [0.4, 0.5) is 0 Å². The summed E-state index contributed by atoms with van der Waals surface area (Å²) in [6.07, 6.45) is 13.9. The third-order valence-corrected chi connectivity index (χ3v) is 17.1. The summed E-state index contributed by atoms with van der Waals surface area (Å²) in [6, 6.07) is 13.3. The van der Waals surface area contributed by atoms with Gasteiger partial charge in [-0.3, -0.25) is 14.4 Å². The highest BCUT2D eigenvalue weighted by atomic mass is 16.6. The van der Waals surface area contributed by atoms with Crippen LogP contribution in [0, 0.1) is 44.3 Å². The van der Waals surface area contributed by atoms with Crippen LogP contribution in [-0.2, 0) is 20.9 Å². The van der Waals surface area contributed by atoms with Crippen LogP contribution in [0.15, 0.2) is 76.9 Å². The van der Waals surface area contributed by atoms with Crippen LogP contribution < -0.4 is 0 Å². The summed E-state index contributed by atoms with van der Waals surface area (Å²) < 4.78 is 11.9. The second kappa shape index (κ2) is 10.6. The topological polar surface area (TPSA) is 117 Å². The number of aliphatic hydroxyl groups excluding tert-OH is 1.